The maximum absolute atomic E-state index is 10.0. The van der Waals surface area contributed by atoms with E-state index in [2.05, 4.69) is 15.9 Å². The van der Waals surface area contributed by atoms with Gasteiger partial charge >= 0.3 is 0 Å². The van der Waals surface area contributed by atoms with Crippen LogP contribution in [0.4, 0.5) is 0 Å². The first-order valence-corrected chi connectivity index (χ1v) is 4.12. The minimum Gasteiger partial charge on any atom is -0.545 e. The van der Waals surface area contributed by atoms with E-state index in [9.17, 15) is 9.90 Å². The fraction of sp³-hybridized carbons (Fsp3) is 0. The van der Waals surface area contributed by atoms with Crippen molar-refractivity contribution in [3.63, 3.8) is 0 Å². The fourth-order valence-corrected chi connectivity index (χ4v) is 1.19. The van der Waals surface area contributed by atoms with Crippen LogP contribution in [-0.4, -0.2) is 5.97 Å². The Labute approximate surface area is 78.7 Å². The Morgan fingerprint density at radius 3 is 2.83 bits per heavy atom. The van der Waals surface area contributed by atoms with Gasteiger partial charge in [0.15, 0.2) is 0 Å². The molecule has 1 aromatic rings. The van der Waals surface area contributed by atoms with E-state index in [4.69, 9.17) is 0 Å². The molecule has 0 atom stereocenters. The van der Waals surface area contributed by atoms with Crippen molar-refractivity contribution >= 4 is 28.0 Å². The van der Waals surface area contributed by atoms with Crippen molar-refractivity contribution in [2.24, 2.45) is 0 Å². The number of carbonyl (C=O) groups excluding carboxylic acids is 1. The molecule has 0 heterocycles. The van der Waals surface area contributed by atoms with E-state index in [1.54, 1.807) is 0 Å². The number of rotatable bonds is 2. The summed E-state index contributed by atoms with van der Waals surface area (Å²) in [6.07, 6.45) is 2.49. The normalized spacial score (nSPS) is 10.4. The second-order valence-corrected chi connectivity index (χ2v) is 3.12. The minimum atomic E-state index is -1.19. The van der Waals surface area contributed by atoms with Crippen molar-refractivity contribution in [2.45, 2.75) is 0 Å². The average molecular weight is 226 g/mol. The molecular weight excluding hydrogens is 220 g/mol. The smallest absolute Gasteiger partial charge is 0.0643 e. The maximum Gasteiger partial charge on any atom is 0.0643 e. The second kappa shape index (κ2) is 4.07. The molecule has 1 rings (SSSR count). The van der Waals surface area contributed by atoms with Crippen LogP contribution < -0.4 is 5.11 Å². The number of carboxylic acid groups (broad SMARTS) is 1. The van der Waals surface area contributed by atoms with Gasteiger partial charge in [-0.3, -0.25) is 0 Å². The van der Waals surface area contributed by atoms with Gasteiger partial charge in [0.25, 0.3) is 0 Å². The number of halogens is 1. The van der Waals surface area contributed by atoms with Gasteiger partial charge in [0, 0.05) is 4.47 Å². The lowest BCUT2D eigenvalue weighted by molar-refractivity contribution is -0.297. The Hall–Kier alpha value is -1.09. The molecule has 12 heavy (non-hydrogen) atoms. The van der Waals surface area contributed by atoms with E-state index in [1.165, 1.54) is 6.08 Å². The van der Waals surface area contributed by atoms with Gasteiger partial charge in [0.05, 0.1) is 5.97 Å². The first kappa shape index (κ1) is 9.00. The van der Waals surface area contributed by atoms with Crippen molar-refractivity contribution in [1.29, 1.82) is 0 Å². The summed E-state index contributed by atoms with van der Waals surface area (Å²) in [5.74, 6) is -1.19. The summed E-state index contributed by atoms with van der Waals surface area (Å²) in [6.45, 7) is 0. The van der Waals surface area contributed by atoms with Gasteiger partial charge in [-0.05, 0) is 23.8 Å². The SMILES string of the molecule is O=C([O-])C=Cc1cccc(Br)c1. The maximum atomic E-state index is 10.0. The Morgan fingerprint density at radius 2 is 2.25 bits per heavy atom. The van der Waals surface area contributed by atoms with Gasteiger partial charge in [0.1, 0.15) is 0 Å². The molecule has 0 spiro atoms. The zero-order valence-electron chi connectivity index (χ0n) is 6.16. The van der Waals surface area contributed by atoms with Crippen LogP contribution >= 0.6 is 15.9 Å². The lowest BCUT2D eigenvalue weighted by Gasteiger charge is -1.94. The predicted molar refractivity (Wildman–Crippen MR) is 48.2 cm³/mol. The number of benzene rings is 1. The zero-order valence-corrected chi connectivity index (χ0v) is 7.74. The quantitative estimate of drug-likeness (QED) is 0.711. The molecule has 0 saturated heterocycles. The van der Waals surface area contributed by atoms with Crippen LogP contribution in [0.1, 0.15) is 5.56 Å². The monoisotopic (exact) mass is 225 g/mol. The summed E-state index contributed by atoms with van der Waals surface area (Å²) in [5, 5.41) is 10.0. The van der Waals surface area contributed by atoms with Crippen LogP contribution in [0.5, 0.6) is 0 Å². The van der Waals surface area contributed by atoms with E-state index < -0.39 is 5.97 Å². The molecule has 0 radical (unpaired) electrons. The average Bonchev–Trinajstić information content (AvgIpc) is 2.01. The first-order valence-electron chi connectivity index (χ1n) is 3.33. The zero-order chi connectivity index (χ0) is 8.97. The van der Waals surface area contributed by atoms with Crippen molar-refractivity contribution < 1.29 is 9.90 Å². The minimum absolute atomic E-state index is 0.827. The van der Waals surface area contributed by atoms with Gasteiger partial charge in [-0.1, -0.05) is 34.1 Å². The Bertz CT molecular complexity index is 318. The first-order chi connectivity index (χ1) is 5.68. The molecule has 0 aliphatic heterocycles. The third-order valence-electron chi connectivity index (χ3n) is 1.26. The molecule has 0 aromatic heterocycles. The number of aliphatic carboxylic acids is 1. The number of hydrogen-bond donors (Lipinski definition) is 0. The van der Waals surface area contributed by atoms with Gasteiger partial charge in [-0.2, -0.15) is 0 Å². The van der Waals surface area contributed by atoms with Crippen molar-refractivity contribution in [3.05, 3.63) is 40.4 Å². The third-order valence-corrected chi connectivity index (χ3v) is 1.75. The van der Waals surface area contributed by atoms with Gasteiger partial charge < -0.3 is 9.90 Å². The van der Waals surface area contributed by atoms with Gasteiger partial charge in [0.2, 0.25) is 0 Å². The lowest BCUT2D eigenvalue weighted by atomic mass is 10.2. The Balaban J connectivity index is 2.83. The number of carbonyl (C=O) groups is 1. The highest BCUT2D eigenvalue weighted by atomic mass is 79.9. The molecule has 62 valence electrons. The van der Waals surface area contributed by atoms with E-state index >= 15 is 0 Å². The van der Waals surface area contributed by atoms with Crippen LogP contribution in [0.2, 0.25) is 0 Å². The summed E-state index contributed by atoms with van der Waals surface area (Å²) in [6, 6.07) is 7.33. The van der Waals surface area contributed by atoms with E-state index in [1.807, 2.05) is 24.3 Å². The molecule has 0 aliphatic carbocycles. The molecule has 2 nitrogen and oxygen atoms in total. The van der Waals surface area contributed by atoms with E-state index in [0.717, 1.165) is 16.1 Å². The van der Waals surface area contributed by atoms with Crippen molar-refractivity contribution in [3.8, 4) is 0 Å². The number of hydrogen-bond acceptors (Lipinski definition) is 2. The summed E-state index contributed by atoms with van der Waals surface area (Å²) >= 11 is 3.27. The van der Waals surface area contributed by atoms with Gasteiger partial charge in [-0.15, -0.1) is 0 Å². The summed E-state index contributed by atoms with van der Waals surface area (Å²) in [5.41, 5.74) is 0.827. The topological polar surface area (TPSA) is 40.1 Å². The Kier molecular flexibility index (Phi) is 3.05. The van der Waals surface area contributed by atoms with Crippen LogP contribution in [0.3, 0.4) is 0 Å². The van der Waals surface area contributed by atoms with Crippen molar-refractivity contribution in [2.75, 3.05) is 0 Å². The predicted octanol–water partition coefficient (Wildman–Crippen LogP) is 1.21. The summed E-state index contributed by atoms with van der Waals surface area (Å²) < 4.78 is 0.919. The molecule has 3 heteroatoms. The summed E-state index contributed by atoms with van der Waals surface area (Å²) in [4.78, 5) is 10.0. The molecule has 1 aromatic carbocycles. The second-order valence-electron chi connectivity index (χ2n) is 2.21. The highest BCUT2D eigenvalue weighted by Gasteiger charge is 1.87. The van der Waals surface area contributed by atoms with Crippen LogP contribution in [-0.2, 0) is 4.79 Å². The van der Waals surface area contributed by atoms with Crippen LogP contribution in [0.25, 0.3) is 6.08 Å². The summed E-state index contributed by atoms with van der Waals surface area (Å²) in [7, 11) is 0. The fourth-order valence-electron chi connectivity index (χ4n) is 0.775. The number of carboxylic acids is 1. The highest BCUT2D eigenvalue weighted by molar-refractivity contribution is 9.10. The van der Waals surface area contributed by atoms with Crippen molar-refractivity contribution in [1.82, 2.24) is 0 Å². The Morgan fingerprint density at radius 1 is 1.50 bits per heavy atom. The van der Waals surface area contributed by atoms with Crippen LogP contribution in [0.15, 0.2) is 34.8 Å². The van der Waals surface area contributed by atoms with E-state index in [-0.39, 0.29) is 0 Å². The molecular formula is C9H6BrO2-. The highest BCUT2D eigenvalue weighted by Crippen LogP contribution is 2.12. The largest absolute Gasteiger partial charge is 0.545 e. The molecule has 0 bridgehead atoms. The molecule has 0 N–H and O–H groups in total. The third kappa shape index (κ3) is 2.88. The standard InChI is InChI=1S/C9H7BrO2/c10-8-3-1-2-7(6-8)4-5-9(11)12/h1-6H,(H,11,12)/p-1. The molecule has 0 unspecified atom stereocenters. The molecule has 0 fully saturated rings. The molecule has 0 saturated carbocycles. The van der Waals surface area contributed by atoms with E-state index in [0.29, 0.717) is 0 Å². The lowest BCUT2D eigenvalue weighted by Crippen LogP contribution is -2.18. The van der Waals surface area contributed by atoms with Crippen LogP contribution in [0, 0.1) is 0 Å². The van der Waals surface area contributed by atoms with Gasteiger partial charge in [-0.25, -0.2) is 0 Å². The molecule has 0 amide bonds. The molecule has 0 aliphatic rings.